The second-order valence-electron chi connectivity index (χ2n) is 3.75. The zero-order valence-electron chi connectivity index (χ0n) is 8.48. The summed E-state index contributed by atoms with van der Waals surface area (Å²) < 4.78 is 0. The second-order valence-corrected chi connectivity index (χ2v) is 3.75. The number of hydrogen-bond donors (Lipinski definition) is 0. The topological polar surface area (TPSA) is 0 Å². The molecule has 2 radical (unpaired) electrons. The lowest BCUT2D eigenvalue weighted by Crippen LogP contribution is -2.19. The molecule has 0 fully saturated rings. The van der Waals surface area contributed by atoms with Crippen LogP contribution in [0.5, 0.6) is 0 Å². The number of rotatable bonds is 5. The lowest BCUT2D eigenvalue weighted by molar-refractivity contribution is 0.334. The van der Waals surface area contributed by atoms with E-state index in [1.54, 1.807) is 0 Å². The van der Waals surface area contributed by atoms with Crippen LogP contribution in [-0.2, 0) is 0 Å². The van der Waals surface area contributed by atoms with Crippen molar-refractivity contribution in [3.8, 4) is 0 Å². The van der Waals surface area contributed by atoms with Crippen LogP contribution in [-0.4, -0.2) is 7.85 Å². The van der Waals surface area contributed by atoms with Crippen LogP contribution in [0.4, 0.5) is 0 Å². The molecule has 0 rings (SSSR count). The highest BCUT2D eigenvalue weighted by Crippen LogP contribution is 2.39. The first kappa shape index (κ1) is 11.1. The average Bonchev–Trinajstić information content (AvgIpc) is 2.00. The van der Waals surface area contributed by atoms with Crippen molar-refractivity contribution in [1.82, 2.24) is 0 Å². The zero-order chi connectivity index (χ0) is 8.91. The zero-order valence-corrected chi connectivity index (χ0v) is 8.48. The van der Waals surface area contributed by atoms with E-state index in [1.807, 2.05) is 0 Å². The van der Waals surface area contributed by atoms with E-state index in [-0.39, 0.29) is 5.31 Å². The average molecular weight is 152 g/mol. The molecule has 64 valence electrons. The second kappa shape index (κ2) is 4.85. The van der Waals surface area contributed by atoms with E-state index >= 15 is 0 Å². The Morgan fingerprint density at radius 3 is 2.09 bits per heavy atom. The Morgan fingerprint density at radius 1 is 1.27 bits per heavy atom. The van der Waals surface area contributed by atoms with E-state index in [9.17, 15) is 0 Å². The minimum absolute atomic E-state index is 0.0603. The third-order valence-electron chi connectivity index (χ3n) is 2.82. The Balaban J connectivity index is 3.99. The third kappa shape index (κ3) is 3.31. The third-order valence-corrected chi connectivity index (χ3v) is 2.82. The SMILES string of the molecule is [B]C(C)(CC)C(CC)CCC. The van der Waals surface area contributed by atoms with Crippen molar-refractivity contribution in [2.24, 2.45) is 5.92 Å². The highest BCUT2D eigenvalue weighted by molar-refractivity contribution is 6.15. The molecule has 0 aromatic carbocycles. The Bertz CT molecular complexity index is 97.0. The van der Waals surface area contributed by atoms with Crippen molar-refractivity contribution < 1.29 is 0 Å². The van der Waals surface area contributed by atoms with Crippen LogP contribution in [0, 0.1) is 5.92 Å². The molecule has 0 aliphatic rings. The van der Waals surface area contributed by atoms with E-state index in [2.05, 4.69) is 27.7 Å². The van der Waals surface area contributed by atoms with Gasteiger partial charge in [0.1, 0.15) is 0 Å². The quantitative estimate of drug-likeness (QED) is 0.528. The lowest BCUT2D eigenvalue weighted by atomic mass is 9.58. The van der Waals surface area contributed by atoms with Gasteiger partial charge in [0.2, 0.25) is 0 Å². The van der Waals surface area contributed by atoms with Gasteiger partial charge in [0.25, 0.3) is 0 Å². The molecule has 0 heterocycles. The largest absolute Gasteiger partial charge is 0.0746 e. The number of hydrogen-bond acceptors (Lipinski definition) is 0. The van der Waals surface area contributed by atoms with E-state index in [1.165, 1.54) is 19.3 Å². The van der Waals surface area contributed by atoms with Crippen LogP contribution in [0.25, 0.3) is 0 Å². The minimum atomic E-state index is 0.0603. The first-order valence-corrected chi connectivity index (χ1v) is 4.87. The van der Waals surface area contributed by atoms with Crippen LogP contribution in [0.3, 0.4) is 0 Å². The van der Waals surface area contributed by atoms with Gasteiger partial charge in [0.15, 0.2) is 0 Å². The van der Waals surface area contributed by atoms with E-state index in [4.69, 9.17) is 7.85 Å². The normalized spacial score (nSPS) is 19.3. The summed E-state index contributed by atoms with van der Waals surface area (Å²) in [7, 11) is 6.16. The van der Waals surface area contributed by atoms with Gasteiger partial charge in [-0.25, -0.2) is 0 Å². The van der Waals surface area contributed by atoms with Crippen LogP contribution in [0.1, 0.15) is 53.4 Å². The Morgan fingerprint density at radius 2 is 1.82 bits per heavy atom. The lowest BCUT2D eigenvalue weighted by Gasteiger charge is -2.33. The van der Waals surface area contributed by atoms with E-state index in [0.717, 1.165) is 6.42 Å². The molecule has 0 aliphatic carbocycles. The summed E-state index contributed by atoms with van der Waals surface area (Å²) in [5.74, 6) is 0.706. The molecule has 0 spiro atoms. The Hall–Kier alpha value is 0.0649. The van der Waals surface area contributed by atoms with Crippen molar-refractivity contribution in [3.05, 3.63) is 0 Å². The van der Waals surface area contributed by atoms with Gasteiger partial charge in [-0.2, -0.15) is 0 Å². The molecule has 0 aromatic heterocycles. The van der Waals surface area contributed by atoms with Gasteiger partial charge in [-0.05, 0) is 5.92 Å². The Kier molecular flexibility index (Phi) is 4.87. The summed E-state index contributed by atoms with van der Waals surface area (Å²) in [6.07, 6.45) is 4.84. The first-order chi connectivity index (χ1) is 5.08. The summed E-state index contributed by atoms with van der Waals surface area (Å²) in [5, 5.41) is 0.0603. The molecule has 0 bridgehead atoms. The van der Waals surface area contributed by atoms with Crippen LogP contribution >= 0.6 is 0 Å². The molecular formula is C10H21B. The molecule has 0 amide bonds. The van der Waals surface area contributed by atoms with Crippen molar-refractivity contribution in [2.45, 2.75) is 58.7 Å². The van der Waals surface area contributed by atoms with E-state index < -0.39 is 0 Å². The van der Waals surface area contributed by atoms with E-state index in [0.29, 0.717) is 5.92 Å². The van der Waals surface area contributed by atoms with Crippen molar-refractivity contribution in [3.63, 3.8) is 0 Å². The molecule has 0 saturated heterocycles. The van der Waals surface area contributed by atoms with Crippen molar-refractivity contribution in [1.29, 1.82) is 0 Å². The molecule has 0 nitrogen and oxygen atoms in total. The smallest absolute Gasteiger partial charge is 0.0674 e. The summed E-state index contributed by atoms with van der Waals surface area (Å²) in [6, 6.07) is 0. The molecule has 11 heavy (non-hydrogen) atoms. The fraction of sp³-hybridized carbons (Fsp3) is 1.00. The molecule has 0 N–H and O–H groups in total. The highest BCUT2D eigenvalue weighted by atomic mass is 14.2. The molecule has 1 heteroatoms. The summed E-state index contributed by atoms with van der Waals surface area (Å²) in [5.41, 5.74) is 0. The fourth-order valence-electron chi connectivity index (χ4n) is 1.64. The monoisotopic (exact) mass is 152 g/mol. The molecule has 2 atom stereocenters. The standard InChI is InChI=1S/C10H21B/c1-5-8-9(6-2)10(4,11)7-3/h9H,5-8H2,1-4H3. The summed E-state index contributed by atoms with van der Waals surface area (Å²) in [6.45, 7) is 8.82. The minimum Gasteiger partial charge on any atom is -0.0674 e. The molecular weight excluding hydrogens is 131 g/mol. The summed E-state index contributed by atoms with van der Waals surface area (Å²) >= 11 is 0. The van der Waals surface area contributed by atoms with Crippen molar-refractivity contribution in [2.75, 3.05) is 0 Å². The van der Waals surface area contributed by atoms with Crippen molar-refractivity contribution >= 4 is 7.85 Å². The van der Waals surface area contributed by atoms with Gasteiger partial charge >= 0.3 is 0 Å². The van der Waals surface area contributed by atoms with Gasteiger partial charge in [0.05, 0.1) is 7.85 Å². The van der Waals surface area contributed by atoms with Gasteiger partial charge in [-0.3, -0.25) is 0 Å². The van der Waals surface area contributed by atoms with Gasteiger partial charge < -0.3 is 0 Å². The maximum absolute atomic E-state index is 6.16. The first-order valence-electron chi connectivity index (χ1n) is 4.87. The fourth-order valence-corrected chi connectivity index (χ4v) is 1.64. The maximum atomic E-state index is 6.16. The Labute approximate surface area is 73.2 Å². The van der Waals surface area contributed by atoms with Gasteiger partial charge in [0, 0.05) is 0 Å². The van der Waals surface area contributed by atoms with Crippen LogP contribution in [0.15, 0.2) is 0 Å². The predicted octanol–water partition coefficient (Wildman–Crippen LogP) is 3.57. The van der Waals surface area contributed by atoms with Crippen LogP contribution in [0.2, 0.25) is 5.31 Å². The molecule has 0 aliphatic heterocycles. The van der Waals surface area contributed by atoms with Gasteiger partial charge in [-0.15, -0.1) is 0 Å². The van der Waals surface area contributed by atoms with Gasteiger partial charge in [-0.1, -0.05) is 58.7 Å². The molecule has 2 unspecified atom stereocenters. The highest BCUT2D eigenvalue weighted by Gasteiger charge is 2.24. The van der Waals surface area contributed by atoms with Crippen LogP contribution < -0.4 is 0 Å². The molecule has 0 saturated carbocycles. The molecule has 0 aromatic rings. The maximum Gasteiger partial charge on any atom is 0.0746 e. The summed E-state index contributed by atoms with van der Waals surface area (Å²) in [4.78, 5) is 0. The predicted molar refractivity (Wildman–Crippen MR) is 53.1 cm³/mol.